The lowest BCUT2D eigenvalue weighted by Gasteiger charge is -2.30. The molecule has 2 fully saturated rings. The molecule has 4 aromatic heterocycles. The monoisotopic (exact) mass is 1440 g/mol. The number of carbonyl (C=O) groups is 3. The first-order valence-electron chi connectivity index (χ1n) is 37.3. The second kappa shape index (κ2) is 33.6. The van der Waals surface area contributed by atoms with Crippen LogP contribution in [0.5, 0.6) is 0 Å². The quantitative estimate of drug-likeness (QED) is 0.0212. The van der Waals surface area contributed by atoms with Gasteiger partial charge in [0.25, 0.3) is 0 Å². The van der Waals surface area contributed by atoms with Crippen molar-refractivity contribution >= 4 is 40.4 Å². The van der Waals surface area contributed by atoms with E-state index in [1.807, 2.05) is 132 Å². The number of benzene rings is 6. The molecule has 14 rings (SSSR count). The van der Waals surface area contributed by atoms with Gasteiger partial charge in [-0.1, -0.05) is 213 Å². The molecule has 106 heavy (non-hydrogen) atoms. The lowest BCUT2D eigenvalue weighted by molar-refractivity contribution is -0.158. The van der Waals surface area contributed by atoms with Crippen molar-refractivity contribution in [3.8, 4) is 44.9 Å². The Morgan fingerprint density at radius 1 is 0.547 bits per heavy atom. The molecule has 5 unspecified atom stereocenters. The molecule has 0 bridgehead atoms. The Hall–Kier alpha value is -10.0. The average molecular weight is 1440 g/mol. The SMILES string of the molecule is CCCCCc1ccc(-c2cc3cn([C@H]4CC(O)[C@@H](CO)O4)c(=O)nc3o2)cc1.CCCCCc1ccc(-c2cc3cn([C@H]4CC(OC(=O)C(NC(=O)OCC5c6ccccc6-c6ccccc65)C(C)C)[C@@H](COC(C)C(NC(=O)OCC5c6ccccc6-c6ccccc65)C(C)C)O4)c(=O)nc3o2)cc1. The number of hydrogen-bond acceptors (Lipinski definition) is 17. The van der Waals surface area contributed by atoms with Crippen molar-refractivity contribution in [3.05, 3.63) is 224 Å². The molecule has 10 aromatic rings. The smallest absolute Gasteiger partial charge is 0.407 e. The Morgan fingerprint density at radius 2 is 0.981 bits per heavy atom. The highest BCUT2D eigenvalue weighted by atomic mass is 16.6. The Labute approximate surface area is 616 Å². The number of aryl methyl sites for hydroxylation is 2. The Bertz CT molecular complexity index is 4740. The first-order chi connectivity index (χ1) is 51.4. The Balaban J connectivity index is 0.000000285. The lowest BCUT2D eigenvalue weighted by atomic mass is 9.98. The third-order valence-corrected chi connectivity index (χ3v) is 20.9. The first kappa shape index (κ1) is 74.3. The van der Waals surface area contributed by atoms with E-state index < -0.39 is 90.5 Å². The summed E-state index contributed by atoms with van der Waals surface area (Å²) in [6, 6.07) is 51.1. The van der Waals surface area contributed by atoms with E-state index in [-0.39, 0.29) is 68.4 Å². The van der Waals surface area contributed by atoms with E-state index in [9.17, 15) is 34.2 Å². The topological polar surface area (TPSA) is 267 Å². The lowest BCUT2D eigenvalue weighted by Crippen LogP contribution is -2.49. The normalized spacial score (nSPS) is 18.9. The minimum absolute atomic E-state index is 0.0623. The molecule has 0 saturated carbocycles. The summed E-state index contributed by atoms with van der Waals surface area (Å²) in [6.45, 7) is 13.7. The van der Waals surface area contributed by atoms with Crippen molar-refractivity contribution in [2.75, 3.05) is 26.4 Å². The van der Waals surface area contributed by atoms with Crippen LogP contribution in [0.3, 0.4) is 0 Å². The summed E-state index contributed by atoms with van der Waals surface area (Å²) in [6.07, 6.45) is 5.92. The number of hydrogen-bond donors (Lipinski definition) is 4. The van der Waals surface area contributed by atoms with Crippen molar-refractivity contribution in [3.63, 3.8) is 0 Å². The van der Waals surface area contributed by atoms with Gasteiger partial charge in [0.15, 0.2) is 0 Å². The van der Waals surface area contributed by atoms with Gasteiger partial charge in [-0.3, -0.25) is 9.13 Å². The molecule has 21 heteroatoms. The van der Waals surface area contributed by atoms with Crippen molar-refractivity contribution in [1.29, 1.82) is 0 Å². The fourth-order valence-electron chi connectivity index (χ4n) is 15.0. The summed E-state index contributed by atoms with van der Waals surface area (Å²) in [7, 11) is 0. The van der Waals surface area contributed by atoms with Crippen LogP contribution in [0, 0.1) is 11.8 Å². The minimum Gasteiger partial charge on any atom is -0.458 e. The molecule has 2 amide bonds. The molecule has 0 radical (unpaired) electrons. The zero-order valence-corrected chi connectivity index (χ0v) is 61.1. The van der Waals surface area contributed by atoms with Crippen molar-refractivity contribution < 1.29 is 61.9 Å². The highest BCUT2D eigenvalue weighted by molar-refractivity contribution is 5.84. The van der Waals surface area contributed by atoms with Crippen LogP contribution in [0.25, 0.3) is 67.1 Å². The van der Waals surface area contributed by atoms with Crippen LogP contribution in [-0.2, 0) is 46.1 Å². The fraction of sp³-hybridized carbons (Fsp3) is 0.400. The second-order valence-corrected chi connectivity index (χ2v) is 28.8. The van der Waals surface area contributed by atoms with Gasteiger partial charge in [0.05, 0.1) is 42.2 Å². The number of furan rings is 2. The minimum atomic E-state index is -1.09. The predicted octanol–water partition coefficient (Wildman–Crippen LogP) is 15.2. The van der Waals surface area contributed by atoms with Gasteiger partial charge in [-0.2, -0.15) is 9.97 Å². The second-order valence-electron chi connectivity index (χ2n) is 28.8. The highest BCUT2D eigenvalue weighted by Gasteiger charge is 2.43. The van der Waals surface area contributed by atoms with E-state index in [1.54, 1.807) is 12.4 Å². The molecule has 9 atom stereocenters. The molecule has 2 aliphatic heterocycles. The standard InChI is InChI=1S/C63H68N4O10.C22H26N2O5/c1-7-8-9-18-40-27-29-41(30-28-40)53-31-42-33-67(61(69)66-59(42)76-53)56-32-54(77-60(68)58(38(4)5)65-63(71)74-35-52-49-25-16-12-21-45(49)46-22-13-17-26-50(46)52)55(75-56)36-72-39(6)57(37(2)3)64-62(70)73-34-51-47-23-14-10-19-43(47)44-20-11-15-24-48(44)51;1-2-3-4-5-14-6-8-15(9-7-14)18-10-16-12-24(22(27)23-21(16)29-18)20-11-17(26)19(13-25)28-20/h10-17,19-31,33,37-39,51-52,54-58H,7-9,18,32,34-36H2,1-6H3,(H,64,70)(H,65,71);6-10,12,17,19-20,25-26H,2-5,11,13H2,1H3/t39?,54?,55-,56-,57?,58?;17?,19-,20-/m11/s1. The van der Waals surface area contributed by atoms with E-state index in [0.717, 1.165) is 81.3 Å². The van der Waals surface area contributed by atoms with Gasteiger partial charge in [0.1, 0.15) is 61.5 Å². The van der Waals surface area contributed by atoms with E-state index in [0.29, 0.717) is 22.3 Å². The van der Waals surface area contributed by atoms with Crippen LogP contribution in [0.4, 0.5) is 9.59 Å². The third kappa shape index (κ3) is 16.6. The number of unbranched alkanes of at least 4 members (excludes halogenated alkanes) is 4. The average Bonchev–Trinajstić information content (AvgIpc) is 1.53. The van der Waals surface area contributed by atoms with Crippen LogP contribution < -0.4 is 22.0 Å². The molecule has 0 spiro atoms. The van der Waals surface area contributed by atoms with Gasteiger partial charge in [-0.05, 0) is 112 Å². The Morgan fingerprint density at radius 3 is 1.41 bits per heavy atom. The zero-order chi connectivity index (χ0) is 74.1. The number of fused-ring (bicyclic) bond motifs is 8. The maximum Gasteiger partial charge on any atom is 0.407 e. The summed E-state index contributed by atoms with van der Waals surface area (Å²) in [5.41, 5.74) is 12.5. The number of aromatic nitrogens is 4. The van der Waals surface area contributed by atoms with Crippen LogP contribution in [0.15, 0.2) is 189 Å². The third-order valence-electron chi connectivity index (χ3n) is 20.9. The van der Waals surface area contributed by atoms with E-state index >= 15 is 0 Å². The van der Waals surface area contributed by atoms with Crippen molar-refractivity contribution in [2.45, 2.75) is 180 Å². The van der Waals surface area contributed by atoms with Crippen LogP contribution in [0.2, 0.25) is 0 Å². The fourth-order valence-corrected chi connectivity index (χ4v) is 15.0. The molecule has 554 valence electrons. The number of alkyl carbamates (subject to hydrolysis) is 2. The van der Waals surface area contributed by atoms with Crippen molar-refractivity contribution in [1.82, 2.24) is 29.7 Å². The summed E-state index contributed by atoms with van der Waals surface area (Å²) >= 11 is 0. The predicted molar refractivity (Wildman–Crippen MR) is 403 cm³/mol. The van der Waals surface area contributed by atoms with Gasteiger partial charge < -0.3 is 58.1 Å². The number of carbonyl (C=O) groups excluding carboxylic acids is 3. The maximum absolute atomic E-state index is 14.3. The summed E-state index contributed by atoms with van der Waals surface area (Å²) < 4.78 is 51.4. The van der Waals surface area contributed by atoms with E-state index in [1.165, 1.54) is 45.9 Å². The number of aliphatic hydroxyl groups is 2. The molecule has 4 aliphatic rings. The number of nitrogens with zero attached hydrogens (tertiary/aromatic N) is 4. The van der Waals surface area contributed by atoms with Crippen LogP contribution in [-0.4, -0.2) is 117 Å². The Kier molecular flexibility index (Phi) is 23.5. The molecular weight excluding hydrogens is 1340 g/mol. The summed E-state index contributed by atoms with van der Waals surface area (Å²) in [5.74, 6) is -0.234. The molecule has 21 nitrogen and oxygen atoms in total. The molecular formula is C85H94N6O15. The molecule has 6 aromatic carbocycles. The van der Waals surface area contributed by atoms with Gasteiger partial charge in [0, 0.05) is 48.2 Å². The molecule has 2 aliphatic carbocycles. The number of esters is 1. The molecule has 2 saturated heterocycles. The van der Waals surface area contributed by atoms with Gasteiger partial charge in [-0.15, -0.1) is 0 Å². The van der Waals surface area contributed by atoms with Crippen LogP contribution in [0.1, 0.15) is 158 Å². The van der Waals surface area contributed by atoms with Gasteiger partial charge >= 0.3 is 29.5 Å². The molecule has 6 heterocycles. The number of aliphatic hydroxyl groups excluding tert-OH is 2. The first-order valence-corrected chi connectivity index (χ1v) is 37.3. The summed E-state index contributed by atoms with van der Waals surface area (Å²) in [4.78, 5) is 76.1. The highest BCUT2D eigenvalue weighted by Crippen LogP contribution is 2.46. The number of nitrogens with one attached hydrogen (secondary N) is 2. The number of amides is 2. The zero-order valence-electron chi connectivity index (χ0n) is 61.1. The van der Waals surface area contributed by atoms with E-state index in [4.69, 9.17) is 37.3 Å². The van der Waals surface area contributed by atoms with Gasteiger partial charge in [-0.25, -0.2) is 24.0 Å². The van der Waals surface area contributed by atoms with Crippen LogP contribution >= 0.6 is 0 Å². The number of rotatable bonds is 27. The number of ether oxygens (including phenoxy) is 6. The van der Waals surface area contributed by atoms with Crippen molar-refractivity contribution in [2.24, 2.45) is 11.8 Å². The van der Waals surface area contributed by atoms with Gasteiger partial charge in [0.2, 0.25) is 11.4 Å². The van der Waals surface area contributed by atoms with E-state index in [2.05, 4.69) is 95.1 Å². The molecule has 4 N–H and O–H groups in total. The maximum atomic E-state index is 14.3. The largest absolute Gasteiger partial charge is 0.458 e. The summed E-state index contributed by atoms with van der Waals surface area (Å²) in [5, 5.41) is 26.3.